The summed E-state index contributed by atoms with van der Waals surface area (Å²) in [7, 11) is 0. The molecule has 0 unspecified atom stereocenters. The highest BCUT2D eigenvalue weighted by Gasteiger charge is 1.83. The Kier molecular flexibility index (Phi) is 0.972. The molecule has 0 radical (unpaired) electrons. The summed E-state index contributed by atoms with van der Waals surface area (Å²) in [5, 5.41) is 0. The van der Waals surface area contributed by atoms with Gasteiger partial charge in [-0.05, 0) is 12.2 Å². The highest BCUT2D eigenvalue weighted by Crippen LogP contribution is 2.02. The van der Waals surface area contributed by atoms with Crippen LogP contribution >= 0.6 is 0 Å². The van der Waals surface area contributed by atoms with Crippen molar-refractivity contribution in [3.63, 3.8) is 0 Å². The van der Waals surface area contributed by atoms with Gasteiger partial charge in [0, 0.05) is 5.57 Å². The third-order valence-corrected chi connectivity index (χ3v) is 0.867. The molecule has 0 heterocycles. The lowest BCUT2D eigenvalue weighted by atomic mass is 10.3. The van der Waals surface area contributed by atoms with E-state index in [9.17, 15) is 0 Å². The third-order valence-electron chi connectivity index (χ3n) is 0.867. The van der Waals surface area contributed by atoms with Crippen LogP contribution in [0, 0.1) is 0 Å². The van der Waals surface area contributed by atoms with E-state index in [4.69, 9.17) is 0 Å². The van der Waals surface area contributed by atoms with Crippen LogP contribution < -0.4 is 0 Å². The lowest BCUT2D eigenvalue weighted by molar-refractivity contribution is 1.82. The molecule has 0 N–H and O–H groups in total. The predicted octanol–water partition coefficient (Wildman–Crippen LogP) is 1.82. The van der Waals surface area contributed by atoms with Gasteiger partial charge >= 0.3 is 0 Å². The zero-order chi connectivity index (χ0) is 5.11. The Morgan fingerprint density at radius 3 is 2.14 bits per heavy atom. The van der Waals surface area contributed by atoms with Crippen molar-refractivity contribution in [1.29, 1.82) is 0 Å². The first-order valence-corrected chi connectivity index (χ1v) is 2.18. The molecule has 0 aliphatic heterocycles. The fourth-order valence-corrected chi connectivity index (χ4v) is 0.492. The molecule has 0 aromatic carbocycles. The van der Waals surface area contributed by atoms with Crippen molar-refractivity contribution in [2.24, 2.45) is 0 Å². The third kappa shape index (κ3) is 0.703. The Hall–Kier alpha value is -1.00. The van der Waals surface area contributed by atoms with Crippen molar-refractivity contribution in [2.75, 3.05) is 0 Å². The molecule has 0 aromatic rings. The van der Waals surface area contributed by atoms with E-state index in [0.717, 1.165) is 5.57 Å². The molecule has 0 nitrogen and oxygen atoms in total. The van der Waals surface area contributed by atoms with Gasteiger partial charge < -0.3 is 0 Å². The fraction of sp³-hybridized carbons (Fsp3) is 0. The highest BCUT2D eigenvalue weighted by atomic mass is 13.9. The van der Waals surface area contributed by atoms with Gasteiger partial charge in [-0.25, -0.2) is 0 Å². The molecule has 0 atom stereocenters. The van der Waals surface area contributed by atoms with Gasteiger partial charge in [0.15, 0.2) is 0 Å². The quantitative estimate of drug-likeness (QED) is 0.398. The summed E-state index contributed by atoms with van der Waals surface area (Å²) in [6, 6.07) is 0. The molecule has 7 heavy (non-hydrogen) atoms. The maximum Gasteiger partial charge on any atom is 0.0158 e. The standard InChI is InChI=1S/C7H6/c1-2-7-5-3-4-6-7/h3-6H,1H2. The molecule has 0 heteroatoms. The summed E-state index contributed by atoms with van der Waals surface area (Å²) < 4.78 is 0. The Morgan fingerprint density at radius 1 is 1.29 bits per heavy atom. The molecule has 0 saturated carbocycles. The second kappa shape index (κ2) is 1.63. The monoisotopic (exact) mass is 90.0 g/mol. The van der Waals surface area contributed by atoms with Crippen LogP contribution in [0.15, 0.2) is 42.2 Å². The van der Waals surface area contributed by atoms with Crippen LogP contribution in [0.3, 0.4) is 0 Å². The van der Waals surface area contributed by atoms with Crippen molar-refractivity contribution in [3.8, 4) is 0 Å². The van der Waals surface area contributed by atoms with Crippen molar-refractivity contribution in [2.45, 2.75) is 0 Å². The van der Waals surface area contributed by atoms with Crippen molar-refractivity contribution < 1.29 is 0 Å². The van der Waals surface area contributed by atoms with Crippen molar-refractivity contribution in [1.82, 2.24) is 0 Å². The van der Waals surface area contributed by atoms with Gasteiger partial charge in [-0.3, -0.25) is 0 Å². The lowest BCUT2D eigenvalue weighted by Gasteiger charge is -1.72. The van der Waals surface area contributed by atoms with E-state index >= 15 is 0 Å². The number of allylic oxidation sites excluding steroid dienone is 5. The Bertz CT molecular complexity index is 150. The second-order valence-electron chi connectivity index (χ2n) is 1.35. The molecule has 0 bridgehead atoms. The fourth-order valence-electron chi connectivity index (χ4n) is 0.492. The van der Waals surface area contributed by atoms with Gasteiger partial charge in [0.25, 0.3) is 0 Å². The Balaban J connectivity index is 3.00. The molecule has 0 spiro atoms. The van der Waals surface area contributed by atoms with Crippen LogP contribution in [-0.2, 0) is 0 Å². The van der Waals surface area contributed by atoms with E-state index in [1.807, 2.05) is 24.3 Å². The zero-order valence-electron chi connectivity index (χ0n) is 4.02. The molecule has 1 rings (SSSR count). The van der Waals surface area contributed by atoms with Crippen LogP contribution in [0.5, 0.6) is 0 Å². The van der Waals surface area contributed by atoms with Crippen LogP contribution in [0.2, 0.25) is 0 Å². The topological polar surface area (TPSA) is 0 Å². The molecule has 0 amide bonds. The summed E-state index contributed by atoms with van der Waals surface area (Å²) in [6.07, 6.45) is 7.86. The Morgan fingerprint density at radius 2 is 1.86 bits per heavy atom. The largest absolute Gasteiger partial charge is 0.121 e. The van der Waals surface area contributed by atoms with Gasteiger partial charge in [-0.15, -0.1) is 5.73 Å². The normalized spacial score (nSPS) is 15.1. The van der Waals surface area contributed by atoms with Gasteiger partial charge in [-0.1, -0.05) is 18.7 Å². The van der Waals surface area contributed by atoms with E-state index in [1.54, 1.807) is 0 Å². The summed E-state index contributed by atoms with van der Waals surface area (Å²) in [5.41, 5.74) is 3.83. The van der Waals surface area contributed by atoms with Crippen LogP contribution in [0.4, 0.5) is 0 Å². The van der Waals surface area contributed by atoms with E-state index in [0.29, 0.717) is 0 Å². The average Bonchev–Trinajstić information content (AvgIpc) is 2.14. The summed E-state index contributed by atoms with van der Waals surface area (Å²) in [4.78, 5) is 0. The molecule has 0 saturated heterocycles. The van der Waals surface area contributed by atoms with Crippen LogP contribution in [0.25, 0.3) is 0 Å². The summed E-state index contributed by atoms with van der Waals surface area (Å²) >= 11 is 0. The van der Waals surface area contributed by atoms with Crippen molar-refractivity contribution >= 4 is 0 Å². The minimum atomic E-state index is 1.07. The number of rotatable bonds is 0. The van der Waals surface area contributed by atoms with Crippen molar-refractivity contribution in [3.05, 3.63) is 42.2 Å². The van der Waals surface area contributed by atoms with Crippen LogP contribution in [0.1, 0.15) is 0 Å². The molecular formula is C7H6. The van der Waals surface area contributed by atoms with E-state index in [-0.39, 0.29) is 0 Å². The predicted molar refractivity (Wildman–Crippen MR) is 30.9 cm³/mol. The first-order chi connectivity index (χ1) is 3.43. The number of hydrogen-bond donors (Lipinski definition) is 0. The zero-order valence-corrected chi connectivity index (χ0v) is 4.02. The molecule has 34 valence electrons. The lowest BCUT2D eigenvalue weighted by Crippen LogP contribution is -1.53. The maximum atomic E-state index is 3.48. The smallest absolute Gasteiger partial charge is 0.0158 e. The molecule has 1 aliphatic carbocycles. The summed E-state index contributed by atoms with van der Waals surface area (Å²) in [5.74, 6) is 0. The van der Waals surface area contributed by atoms with E-state index < -0.39 is 0 Å². The van der Waals surface area contributed by atoms with Crippen LogP contribution in [-0.4, -0.2) is 0 Å². The number of hydrogen-bond acceptors (Lipinski definition) is 0. The minimum Gasteiger partial charge on any atom is -0.121 e. The van der Waals surface area contributed by atoms with Gasteiger partial charge in [-0.2, -0.15) is 0 Å². The van der Waals surface area contributed by atoms with E-state index in [2.05, 4.69) is 12.3 Å². The molecule has 1 aliphatic rings. The van der Waals surface area contributed by atoms with Gasteiger partial charge in [0.2, 0.25) is 0 Å². The first kappa shape index (κ1) is 4.17. The SMILES string of the molecule is C=C=C1C=CC=C1. The molecular weight excluding hydrogens is 84.1 g/mol. The van der Waals surface area contributed by atoms with E-state index in [1.165, 1.54) is 0 Å². The minimum absolute atomic E-state index is 1.07. The highest BCUT2D eigenvalue weighted by molar-refractivity contribution is 5.38. The Labute approximate surface area is 43.2 Å². The van der Waals surface area contributed by atoms with Gasteiger partial charge in [0.05, 0.1) is 0 Å². The summed E-state index contributed by atoms with van der Waals surface area (Å²) in [6.45, 7) is 3.48. The first-order valence-electron chi connectivity index (χ1n) is 2.18. The molecule has 0 aromatic heterocycles. The van der Waals surface area contributed by atoms with Gasteiger partial charge in [0.1, 0.15) is 0 Å². The second-order valence-corrected chi connectivity index (χ2v) is 1.35. The molecule has 0 fully saturated rings. The maximum absolute atomic E-state index is 3.48. The average molecular weight is 90.1 g/mol.